The van der Waals surface area contributed by atoms with E-state index in [0.29, 0.717) is 9.81 Å². The van der Waals surface area contributed by atoms with Crippen molar-refractivity contribution in [1.82, 2.24) is 0 Å². The SMILES string of the molecule is COC(=O)C1=C(C(=O)OC)SC(=C2SC3=C(SCC3)S2)S1. The van der Waals surface area contributed by atoms with Crippen LogP contribution in [0.3, 0.4) is 0 Å². The summed E-state index contributed by atoms with van der Waals surface area (Å²) in [6.07, 6.45) is 1.10. The van der Waals surface area contributed by atoms with E-state index in [2.05, 4.69) is 0 Å². The van der Waals surface area contributed by atoms with Crippen molar-refractivity contribution in [2.24, 2.45) is 0 Å². The van der Waals surface area contributed by atoms with E-state index >= 15 is 0 Å². The molecule has 0 aliphatic carbocycles. The van der Waals surface area contributed by atoms with E-state index in [9.17, 15) is 9.59 Å². The molecule has 0 bridgehead atoms. The van der Waals surface area contributed by atoms with Gasteiger partial charge in [0.2, 0.25) is 0 Å². The number of methoxy groups -OCH3 is 2. The summed E-state index contributed by atoms with van der Waals surface area (Å²) in [7, 11) is 2.62. The van der Waals surface area contributed by atoms with E-state index in [1.54, 1.807) is 23.5 Å². The van der Waals surface area contributed by atoms with Crippen molar-refractivity contribution in [2.45, 2.75) is 6.42 Å². The lowest BCUT2D eigenvalue weighted by Crippen LogP contribution is -2.08. The van der Waals surface area contributed by atoms with Crippen molar-refractivity contribution in [2.75, 3.05) is 20.0 Å². The molecule has 0 aromatic carbocycles. The van der Waals surface area contributed by atoms with Gasteiger partial charge in [-0.25, -0.2) is 9.59 Å². The Labute approximate surface area is 143 Å². The highest BCUT2D eigenvalue weighted by atomic mass is 32.2. The highest BCUT2D eigenvalue weighted by Gasteiger charge is 2.36. The molecule has 0 atom stereocenters. The van der Waals surface area contributed by atoms with E-state index in [4.69, 9.17) is 9.47 Å². The number of rotatable bonds is 2. The van der Waals surface area contributed by atoms with Crippen molar-refractivity contribution in [1.29, 1.82) is 0 Å². The molecular formula is C12H10O4S5. The van der Waals surface area contributed by atoms with Crippen LogP contribution >= 0.6 is 58.8 Å². The van der Waals surface area contributed by atoms with Crippen LogP contribution in [0.5, 0.6) is 0 Å². The first-order valence-electron chi connectivity index (χ1n) is 5.86. The monoisotopic (exact) mass is 378 g/mol. The number of hydrogen-bond acceptors (Lipinski definition) is 9. The predicted octanol–water partition coefficient (Wildman–Crippen LogP) is 3.94. The number of allylic oxidation sites excluding steroid dienone is 1. The first-order valence-corrected chi connectivity index (χ1v) is 10.1. The van der Waals surface area contributed by atoms with Crippen LogP contribution in [0.25, 0.3) is 0 Å². The summed E-state index contributed by atoms with van der Waals surface area (Å²) < 4.78 is 13.0. The maximum Gasteiger partial charge on any atom is 0.346 e. The third kappa shape index (κ3) is 3.03. The lowest BCUT2D eigenvalue weighted by atomic mass is 10.5. The van der Waals surface area contributed by atoms with Gasteiger partial charge in [-0.1, -0.05) is 47.0 Å². The first kappa shape index (κ1) is 15.8. The van der Waals surface area contributed by atoms with Gasteiger partial charge in [0.05, 0.1) is 26.9 Å². The smallest absolute Gasteiger partial charge is 0.346 e. The molecule has 0 radical (unpaired) electrons. The van der Waals surface area contributed by atoms with E-state index in [1.807, 2.05) is 11.8 Å². The number of carbonyl (C=O) groups is 2. The molecule has 21 heavy (non-hydrogen) atoms. The normalized spacial score (nSPS) is 21.2. The van der Waals surface area contributed by atoms with Gasteiger partial charge in [-0.2, -0.15) is 0 Å². The van der Waals surface area contributed by atoms with Crippen molar-refractivity contribution in [3.63, 3.8) is 0 Å². The maximum absolute atomic E-state index is 11.8. The molecule has 3 aliphatic heterocycles. The van der Waals surface area contributed by atoms with Crippen molar-refractivity contribution < 1.29 is 19.1 Å². The fourth-order valence-corrected chi connectivity index (χ4v) is 8.98. The number of carbonyl (C=O) groups excluding carboxylic acids is 2. The fourth-order valence-electron chi connectivity index (χ4n) is 1.73. The molecule has 0 saturated heterocycles. The summed E-state index contributed by atoms with van der Waals surface area (Å²) in [6, 6.07) is 0. The Hall–Kier alpha value is -0.0900. The Bertz CT molecular complexity index is 571. The van der Waals surface area contributed by atoms with Gasteiger partial charge in [0.25, 0.3) is 0 Å². The van der Waals surface area contributed by atoms with Crippen LogP contribution < -0.4 is 0 Å². The number of ether oxygens (including phenoxy) is 2. The molecule has 0 aromatic rings. The summed E-state index contributed by atoms with van der Waals surface area (Å²) in [4.78, 5) is 25.7. The van der Waals surface area contributed by atoms with Gasteiger partial charge in [-0.15, -0.1) is 11.8 Å². The van der Waals surface area contributed by atoms with Gasteiger partial charge in [-0.05, 0) is 6.42 Å². The minimum Gasteiger partial charge on any atom is -0.465 e. The van der Waals surface area contributed by atoms with Crippen LogP contribution in [0, 0.1) is 0 Å². The van der Waals surface area contributed by atoms with E-state index in [1.165, 1.54) is 46.9 Å². The Morgan fingerprint density at radius 1 is 0.857 bits per heavy atom. The summed E-state index contributed by atoms with van der Waals surface area (Å²) in [5, 5.41) is 0. The highest BCUT2D eigenvalue weighted by molar-refractivity contribution is 8.38. The Balaban J connectivity index is 1.84. The number of esters is 2. The molecule has 3 aliphatic rings. The van der Waals surface area contributed by atoms with Crippen LogP contribution in [0.15, 0.2) is 27.4 Å². The fraction of sp³-hybridized carbons (Fsp3) is 0.333. The summed E-state index contributed by atoms with van der Waals surface area (Å²) in [6.45, 7) is 0. The zero-order chi connectivity index (χ0) is 15.0. The molecule has 0 fully saturated rings. The predicted molar refractivity (Wildman–Crippen MR) is 92.5 cm³/mol. The third-order valence-corrected chi connectivity index (χ3v) is 9.91. The molecular weight excluding hydrogens is 368 g/mol. The first-order chi connectivity index (χ1) is 10.1. The van der Waals surface area contributed by atoms with E-state index in [0.717, 1.165) is 20.6 Å². The van der Waals surface area contributed by atoms with Gasteiger partial charge in [0.15, 0.2) is 0 Å². The summed E-state index contributed by atoms with van der Waals surface area (Å²) in [5.41, 5.74) is 0. The Morgan fingerprint density at radius 2 is 1.43 bits per heavy atom. The standard InChI is InChI=1S/C12H10O4S5/c1-15-8(13)6-7(9(14)16-2)20-12(19-6)11-18-5-3-4-17-10(5)21-11/h3-4H2,1-2H3. The van der Waals surface area contributed by atoms with Gasteiger partial charge < -0.3 is 9.47 Å². The second-order valence-electron chi connectivity index (χ2n) is 3.93. The van der Waals surface area contributed by atoms with Crippen molar-refractivity contribution in [3.05, 3.63) is 27.4 Å². The molecule has 4 nitrogen and oxygen atoms in total. The van der Waals surface area contributed by atoms with Gasteiger partial charge in [0, 0.05) is 10.7 Å². The van der Waals surface area contributed by atoms with Crippen molar-refractivity contribution in [3.8, 4) is 0 Å². The van der Waals surface area contributed by atoms with Crippen LogP contribution in [-0.4, -0.2) is 31.9 Å². The molecule has 3 heterocycles. The largest absolute Gasteiger partial charge is 0.465 e. The Kier molecular flexibility index (Phi) is 4.94. The minimum absolute atomic E-state index is 0.317. The van der Waals surface area contributed by atoms with Crippen LogP contribution in [0.1, 0.15) is 6.42 Å². The lowest BCUT2D eigenvalue weighted by Gasteiger charge is -2.03. The minimum atomic E-state index is -0.494. The second-order valence-corrected chi connectivity index (χ2v) is 9.98. The molecule has 0 unspecified atom stereocenters. The average Bonchev–Trinajstić information content (AvgIpc) is 3.17. The molecule has 0 amide bonds. The maximum atomic E-state index is 11.8. The van der Waals surface area contributed by atoms with Gasteiger partial charge >= 0.3 is 11.9 Å². The molecule has 0 spiro atoms. The molecule has 112 valence electrons. The average molecular weight is 379 g/mol. The molecule has 0 saturated carbocycles. The van der Waals surface area contributed by atoms with Gasteiger partial charge in [0.1, 0.15) is 9.81 Å². The quantitative estimate of drug-likeness (QED) is 0.665. The molecule has 0 N–H and O–H groups in total. The summed E-state index contributed by atoms with van der Waals surface area (Å²) in [5.74, 6) is 0.157. The van der Waals surface area contributed by atoms with Gasteiger partial charge in [-0.3, -0.25) is 0 Å². The molecule has 9 heteroatoms. The van der Waals surface area contributed by atoms with E-state index in [-0.39, 0.29) is 0 Å². The summed E-state index contributed by atoms with van der Waals surface area (Å²) >= 11 is 7.96. The number of hydrogen-bond donors (Lipinski definition) is 0. The highest BCUT2D eigenvalue weighted by Crippen LogP contribution is 2.64. The topological polar surface area (TPSA) is 52.6 Å². The Morgan fingerprint density at radius 3 is 1.95 bits per heavy atom. The zero-order valence-electron chi connectivity index (χ0n) is 11.1. The van der Waals surface area contributed by atoms with Crippen molar-refractivity contribution >= 4 is 70.7 Å². The van der Waals surface area contributed by atoms with Crippen LogP contribution in [0.2, 0.25) is 0 Å². The lowest BCUT2D eigenvalue weighted by molar-refractivity contribution is -0.138. The second kappa shape index (κ2) is 6.57. The third-order valence-electron chi connectivity index (χ3n) is 2.70. The van der Waals surface area contributed by atoms with Crippen LogP contribution in [0.4, 0.5) is 0 Å². The molecule has 0 aromatic heterocycles. The van der Waals surface area contributed by atoms with Crippen LogP contribution in [-0.2, 0) is 19.1 Å². The zero-order valence-corrected chi connectivity index (χ0v) is 15.2. The van der Waals surface area contributed by atoms with E-state index < -0.39 is 11.9 Å². The number of thioether (sulfide) groups is 5. The molecule has 3 rings (SSSR count).